The Morgan fingerprint density at radius 2 is 1.77 bits per heavy atom. The van der Waals surface area contributed by atoms with Crippen molar-refractivity contribution < 1.29 is 9.53 Å². The maximum Gasteiger partial charge on any atom is 0.320 e. The fraction of sp³-hybridized carbons (Fsp3) is 0.708. The Morgan fingerprint density at radius 1 is 1.03 bits per heavy atom. The molecule has 3 fully saturated rings. The SMILES string of the molecule is CC1(C)COc2c(N3CCN(CCN4CCN(C5CCCC5)C4=O)CC3)cc(Cl)cc21. The van der Waals surface area contributed by atoms with E-state index in [-0.39, 0.29) is 11.4 Å². The molecule has 31 heavy (non-hydrogen) atoms. The van der Waals surface area contributed by atoms with Crippen LogP contribution in [-0.2, 0) is 5.41 Å². The third-order valence-electron chi connectivity index (χ3n) is 7.63. The highest BCUT2D eigenvalue weighted by Crippen LogP contribution is 2.46. The van der Waals surface area contributed by atoms with Crippen LogP contribution >= 0.6 is 11.6 Å². The quantitative estimate of drug-likeness (QED) is 0.689. The molecule has 1 saturated carbocycles. The standard InChI is InChI=1S/C24H35ClN4O2/c1-24(2)17-31-22-20(24)15-18(25)16-21(22)27-10-7-26(8-11-27)9-12-28-13-14-29(23(28)30)19-5-3-4-6-19/h15-16,19H,3-14,17H2,1-2H3. The number of nitrogens with zero attached hydrogens (tertiary/aromatic N) is 4. The van der Waals surface area contributed by atoms with Crippen molar-refractivity contribution in [3.05, 3.63) is 22.7 Å². The van der Waals surface area contributed by atoms with Gasteiger partial charge in [0.15, 0.2) is 0 Å². The van der Waals surface area contributed by atoms with E-state index in [2.05, 4.69) is 45.6 Å². The van der Waals surface area contributed by atoms with Gasteiger partial charge in [-0.05, 0) is 25.0 Å². The number of piperazine rings is 1. The number of benzene rings is 1. The lowest BCUT2D eigenvalue weighted by Gasteiger charge is -2.37. The van der Waals surface area contributed by atoms with E-state index in [1.165, 1.54) is 31.2 Å². The lowest BCUT2D eigenvalue weighted by molar-refractivity contribution is 0.169. The zero-order valence-electron chi connectivity index (χ0n) is 18.9. The van der Waals surface area contributed by atoms with Gasteiger partial charge < -0.3 is 19.4 Å². The first-order valence-electron chi connectivity index (χ1n) is 11.9. The number of fused-ring (bicyclic) bond motifs is 1. The summed E-state index contributed by atoms with van der Waals surface area (Å²) in [5, 5.41) is 0.786. The van der Waals surface area contributed by atoms with E-state index in [1.54, 1.807) is 0 Å². The number of urea groups is 1. The van der Waals surface area contributed by atoms with E-state index < -0.39 is 0 Å². The van der Waals surface area contributed by atoms with Gasteiger partial charge in [0.2, 0.25) is 0 Å². The fourth-order valence-electron chi connectivity index (χ4n) is 5.64. The molecule has 1 aromatic carbocycles. The second kappa shape index (κ2) is 8.36. The minimum atomic E-state index is 0.00541. The number of carbonyl (C=O) groups is 1. The average Bonchev–Trinajstić information content (AvgIpc) is 3.47. The predicted molar refractivity (Wildman–Crippen MR) is 125 cm³/mol. The smallest absolute Gasteiger partial charge is 0.320 e. The van der Waals surface area contributed by atoms with Crippen LogP contribution in [0.1, 0.15) is 45.1 Å². The Bertz CT molecular complexity index is 831. The lowest BCUT2D eigenvalue weighted by atomic mass is 9.86. The van der Waals surface area contributed by atoms with Gasteiger partial charge in [0.25, 0.3) is 0 Å². The Kier molecular flexibility index (Phi) is 5.72. The normalized spacial score (nSPS) is 24.2. The Labute approximate surface area is 191 Å². The van der Waals surface area contributed by atoms with Crippen molar-refractivity contribution in [2.45, 2.75) is 51.0 Å². The second-order valence-electron chi connectivity index (χ2n) is 10.2. The van der Waals surface area contributed by atoms with Crippen LogP contribution in [0.4, 0.5) is 10.5 Å². The Balaban J connectivity index is 1.15. The molecule has 0 N–H and O–H groups in total. The van der Waals surface area contributed by atoms with Gasteiger partial charge in [0.05, 0.1) is 12.3 Å². The molecule has 0 unspecified atom stereocenters. The van der Waals surface area contributed by atoms with Gasteiger partial charge in [-0.15, -0.1) is 0 Å². The van der Waals surface area contributed by atoms with Gasteiger partial charge in [-0.25, -0.2) is 4.79 Å². The highest BCUT2D eigenvalue weighted by molar-refractivity contribution is 6.31. The number of halogens is 1. The minimum Gasteiger partial charge on any atom is -0.490 e. The fourth-order valence-corrected chi connectivity index (χ4v) is 5.85. The molecule has 1 aromatic rings. The summed E-state index contributed by atoms with van der Waals surface area (Å²) in [6.45, 7) is 12.6. The van der Waals surface area contributed by atoms with Crippen LogP contribution in [0.5, 0.6) is 5.75 Å². The maximum atomic E-state index is 12.8. The van der Waals surface area contributed by atoms with E-state index >= 15 is 0 Å². The largest absolute Gasteiger partial charge is 0.490 e. The van der Waals surface area contributed by atoms with Gasteiger partial charge in [-0.3, -0.25) is 4.90 Å². The van der Waals surface area contributed by atoms with Crippen molar-refractivity contribution in [3.8, 4) is 5.75 Å². The molecular weight excluding hydrogens is 412 g/mol. The molecule has 170 valence electrons. The van der Waals surface area contributed by atoms with Crippen LogP contribution in [0, 0.1) is 0 Å². The lowest BCUT2D eigenvalue weighted by Crippen LogP contribution is -2.49. The molecule has 5 rings (SSSR count). The Hall–Kier alpha value is -1.66. The maximum absolute atomic E-state index is 12.8. The molecule has 4 aliphatic rings. The molecule has 0 radical (unpaired) electrons. The molecule has 2 saturated heterocycles. The van der Waals surface area contributed by atoms with Crippen LogP contribution in [-0.4, -0.2) is 85.7 Å². The summed E-state index contributed by atoms with van der Waals surface area (Å²) in [6, 6.07) is 4.87. The Morgan fingerprint density at radius 3 is 2.52 bits per heavy atom. The summed E-state index contributed by atoms with van der Waals surface area (Å²) in [7, 11) is 0. The monoisotopic (exact) mass is 446 g/mol. The van der Waals surface area contributed by atoms with E-state index in [0.717, 1.165) is 68.8 Å². The first kappa shape index (κ1) is 21.2. The van der Waals surface area contributed by atoms with Crippen LogP contribution in [0.15, 0.2) is 12.1 Å². The number of carbonyl (C=O) groups excluding carboxylic acids is 1. The zero-order chi connectivity index (χ0) is 21.6. The van der Waals surface area contributed by atoms with Crippen molar-refractivity contribution in [1.82, 2.24) is 14.7 Å². The molecule has 6 nitrogen and oxygen atoms in total. The van der Waals surface area contributed by atoms with E-state index in [0.29, 0.717) is 12.6 Å². The van der Waals surface area contributed by atoms with Gasteiger partial charge >= 0.3 is 6.03 Å². The second-order valence-corrected chi connectivity index (χ2v) is 10.6. The average molecular weight is 447 g/mol. The van der Waals surface area contributed by atoms with E-state index in [9.17, 15) is 4.79 Å². The third kappa shape index (κ3) is 4.09. The van der Waals surface area contributed by atoms with Crippen LogP contribution in [0.2, 0.25) is 5.02 Å². The third-order valence-corrected chi connectivity index (χ3v) is 7.85. The molecular formula is C24H35ClN4O2. The summed E-state index contributed by atoms with van der Waals surface area (Å²) in [5.41, 5.74) is 2.36. The minimum absolute atomic E-state index is 0.00541. The van der Waals surface area contributed by atoms with Crippen molar-refractivity contribution in [2.24, 2.45) is 0 Å². The van der Waals surface area contributed by atoms with Gasteiger partial charge in [-0.1, -0.05) is 38.3 Å². The van der Waals surface area contributed by atoms with E-state index in [1.807, 2.05) is 0 Å². The van der Waals surface area contributed by atoms with Crippen molar-refractivity contribution >= 4 is 23.3 Å². The van der Waals surface area contributed by atoms with Crippen LogP contribution < -0.4 is 9.64 Å². The first-order valence-corrected chi connectivity index (χ1v) is 12.3. The first-order chi connectivity index (χ1) is 14.9. The molecule has 0 aromatic heterocycles. The van der Waals surface area contributed by atoms with Crippen molar-refractivity contribution in [1.29, 1.82) is 0 Å². The summed E-state index contributed by atoms with van der Waals surface area (Å²) >= 11 is 6.46. The van der Waals surface area contributed by atoms with Gasteiger partial charge in [-0.2, -0.15) is 0 Å². The molecule has 0 atom stereocenters. The topological polar surface area (TPSA) is 39.3 Å². The number of hydrogen-bond donors (Lipinski definition) is 0. The summed E-state index contributed by atoms with van der Waals surface area (Å²) in [4.78, 5) is 21.9. The summed E-state index contributed by atoms with van der Waals surface area (Å²) in [6.07, 6.45) is 4.93. The highest BCUT2D eigenvalue weighted by Gasteiger charge is 2.37. The molecule has 7 heteroatoms. The van der Waals surface area contributed by atoms with Crippen LogP contribution in [0.25, 0.3) is 0 Å². The molecule has 1 aliphatic carbocycles. The van der Waals surface area contributed by atoms with Crippen molar-refractivity contribution in [2.75, 3.05) is 63.9 Å². The predicted octanol–water partition coefficient (Wildman–Crippen LogP) is 3.81. The number of anilines is 1. The molecule has 3 aliphatic heterocycles. The highest BCUT2D eigenvalue weighted by atomic mass is 35.5. The number of rotatable bonds is 5. The summed E-state index contributed by atoms with van der Waals surface area (Å²) in [5.74, 6) is 1.01. The van der Waals surface area contributed by atoms with Gasteiger partial charge in [0, 0.05) is 74.4 Å². The number of ether oxygens (including phenoxy) is 1. The molecule has 0 bridgehead atoms. The molecule has 3 heterocycles. The molecule has 0 spiro atoms. The number of hydrogen-bond acceptors (Lipinski definition) is 4. The molecule has 2 amide bonds. The zero-order valence-corrected chi connectivity index (χ0v) is 19.7. The number of amides is 2. The summed E-state index contributed by atoms with van der Waals surface area (Å²) < 4.78 is 6.10. The van der Waals surface area contributed by atoms with E-state index in [4.69, 9.17) is 16.3 Å². The van der Waals surface area contributed by atoms with Gasteiger partial charge in [0.1, 0.15) is 5.75 Å². The van der Waals surface area contributed by atoms with Crippen LogP contribution in [0.3, 0.4) is 0 Å². The van der Waals surface area contributed by atoms with Crippen molar-refractivity contribution in [3.63, 3.8) is 0 Å².